The smallest absolute Gasteiger partial charge is 0.238 e. The minimum Gasteiger partial charge on any atom is -0.323 e. The van der Waals surface area contributed by atoms with Gasteiger partial charge in [0.15, 0.2) is 5.13 Å². The van der Waals surface area contributed by atoms with E-state index in [9.17, 15) is 14.4 Å². The van der Waals surface area contributed by atoms with Crippen LogP contribution in [0.1, 0.15) is 31.4 Å². The van der Waals surface area contributed by atoms with Gasteiger partial charge in [-0.2, -0.15) is 0 Å². The summed E-state index contributed by atoms with van der Waals surface area (Å²) >= 11 is 1.43. The van der Waals surface area contributed by atoms with Crippen molar-refractivity contribution in [3.8, 4) is 0 Å². The van der Waals surface area contributed by atoms with Crippen molar-refractivity contribution in [3.05, 3.63) is 35.3 Å². The maximum Gasteiger partial charge on any atom is 0.238 e. The number of para-hydroxylation sites is 2. The van der Waals surface area contributed by atoms with Crippen molar-refractivity contribution in [2.75, 3.05) is 41.7 Å². The molecule has 2 aromatic rings. The summed E-state index contributed by atoms with van der Waals surface area (Å²) in [6, 6.07) is 7.43. The SMILES string of the molecule is Cc1csc(NC(=O)C2CCN(CC(=O)Nc3ccccc3N3CCCC3=O)CC2)n1. The Morgan fingerprint density at radius 3 is 2.61 bits per heavy atom. The number of amides is 3. The zero-order valence-electron chi connectivity index (χ0n) is 17.6. The quantitative estimate of drug-likeness (QED) is 0.719. The molecule has 2 N–H and O–H groups in total. The van der Waals surface area contributed by atoms with Gasteiger partial charge in [0.1, 0.15) is 0 Å². The number of carbonyl (C=O) groups excluding carboxylic acids is 3. The Labute approximate surface area is 185 Å². The molecule has 2 aliphatic rings. The molecule has 0 saturated carbocycles. The van der Waals surface area contributed by atoms with Gasteiger partial charge in [-0.05, 0) is 51.4 Å². The minimum atomic E-state index is -0.111. The largest absolute Gasteiger partial charge is 0.323 e. The highest BCUT2D eigenvalue weighted by molar-refractivity contribution is 7.13. The highest BCUT2D eigenvalue weighted by Crippen LogP contribution is 2.29. The van der Waals surface area contributed by atoms with Crippen molar-refractivity contribution in [2.45, 2.75) is 32.6 Å². The Hall–Kier alpha value is -2.78. The van der Waals surface area contributed by atoms with Crippen LogP contribution in [0.4, 0.5) is 16.5 Å². The van der Waals surface area contributed by atoms with Crippen LogP contribution < -0.4 is 15.5 Å². The molecule has 1 aromatic carbocycles. The number of benzene rings is 1. The minimum absolute atomic E-state index is 0.00246. The van der Waals surface area contributed by atoms with E-state index in [0.29, 0.717) is 49.7 Å². The number of carbonyl (C=O) groups is 3. The molecule has 0 unspecified atom stereocenters. The van der Waals surface area contributed by atoms with Crippen molar-refractivity contribution in [1.29, 1.82) is 0 Å². The fourth-order valence-corrected chi connectivity index (χ4v) is 4.77. The highest BCUT2D eigenvalue weighted by atomic mass is 32.1. The summed E-state index contributed by atoms with van der Waals surface area (Å²) in [6.07, 6.45) is 2.81. The topological polar surface area (TPSA) is 94.6 Å². The lowest BCUT2D eigenvalue weighted by atomic mass is 9.96. The van der Waals surface area contributed by atoms with E-state index >= 15 is 0 Å². The van der Waals surface area contributed by atoms with Crippen molar-refractivity contribution < 1.29 is 14.4 Å². The van der Waals surface area contributed by atoms with Crippen LogP contribution in [0.5, 0.6) is 0 Å². The fraction of sp³-hybridized carbons (Fsp3) is 0.455. The molecule has 2 fully saturated rings. The monoisotopic (exact) mass is 441 g/mol. The molecule has 164 valence electrons. The molecule has 4 rings (SSSR count). The molecule has 0 bridgehead atoms. The van der Waals surface area contributed by atoms with Gasteiger partial charge in [0, 0.05) is 24.3 Å². The molecular formula is C22H27N5O3S. The van der Waals surface area contributed by atoms with Gasteiger partial charge in [-0.1, -0.05) is 12.1 Å². The van der Waals surface area contributed by atoms with Crippen molar-refractivity contribution >= 4 is 45.6 Å². The average molecular weight is 442 g/mol. The third-order valence-corrected chi connectivity index (χ3v) is 6.59. The van der Waals surface area contributed by atoms with E-state index in [4.69, 9.17) is 0 Å². The Bertz CT molecular complexity index is 968. The fourth-order valence-electron chi connectivity index (χ4n) is 4.08. The zero-order valence-corrected chi connectivity index (χ0v) is 18.4. The lowest BCUT2D eigenvalue weighted by Crippen LogP contribution is -2.42. The Kier molecular flexibility index (Phi) is 6.62. The molecule has 1 aromatic heterocycles. The summed E-state index contributed by atoms with van der Waals surface area (Å²) in [6.45, 7) is 4.23. The summed E-state index contributed by atoms with van der Waals surface area (Å²) in [5.74, 6) is -0.0803. The summed E-state index contributed by atoms with van der Waals surface area (Å²) in [5, 5.41) is 8.41. The van der Waals surface area contributed by atoms with E-state index in [-0.39, 0.29) is 30.2 Å². The lowest BCUT2D eigenvalue weighted by molar-refractivity contribution is -0.121. The van der Waals surface area contributed by atoms with Crippen LogP contribution in [0.25, 0.3) is 0 Å². The molecular weight excluding hydrogens is 414 g/mol. The number of piperidine rings is 1. The van der Waals surface area contributed by atoms with Crippen molar-refractivity contribution in [3.63, 3.8) is 0 Å². The van der Waals surface area contributed by atoms with E-state index in [1.165, 1.54) is 11.3 Å². The molecule has 0 atom stereocenters. The highest BCUT2D eigenvalue weighted by Gasteiger charge is 2.27. The maximum absolute atomic E-state index is 12.6. The summed E-state index contributed by atoms with van der Waals surface area (Å²) in [4.78, 5) is 45.3. The van der Waals surface area contributed by atoms with Gasteiger partial charge in [-0.15, -0.1) is 11.3 Å². The Morgan fingerprint density at radius 2 is 1.94 bits per heavy atom. The number of nitrogens with zero attached hydrogens (tertiary/aromatic N) is 3. The first-order valence-corrected chi connectivity index (χ1v) is 11.5. The van der Waals surface area contributed by atoms with Crippen LogP contribution in [0, 0.1) is 12.8 Å². The Morgan fingerprint density at radius 1 is 1.16 bits per heavy atom. The van der Waals surface area contributed by atoms with E-state index in [0.717, 1.165) is 17.8 Å². The molecule has 0 aliphatic carbocycles. The van der Waals surface area contributed by atoms with Gasteiger partial charge in [0.05, 0.1) is 23.6 Å². The standard InChI is InChI=1S/C22H27N5O3S/c1-15-14-31-22(23-15)25-21(30)16-8-11-26(12-9-16)13-19(28)24-17-5-2-3-6-18(17)27-10-4-7-20(27)29/h2-3,5-6,14,16H,4,7-13H2,1H3,(H,24,28)(H,23,25,30). The second kappa shape index (κ2) is 9.57. The number of thiazole rings is 1. The van der Waals surface area contributed by atoms with Crippen LogP contribution in [0.3, 0.4) is 0 Å². The lowest BCUT2D eigenvalue weighted by Gasteiger charge is -2.30. The number of nitrogens with one attached hydrogen (secondary N) is 2. The van der Waals surface area contributed by atoms with Crippen LogP contribution in [0.15, 0.2) is 29.6 Å². The van der Waals surface area contributed by atoms with Gasteiger partial charge in [-0.3, -0.25) is 19.3 Å². The first-order valence-electron chi connectivity index (χ1n) is 10.6. The van der Waals surface area contributed by atoms with Crippen LogP contribution in [-0.4, -0.2) is 53.8 Å². The first-order chi connectivity index (χ1) is 15.0. The van der Waals surface area contributed by atoms with E-state index in [1.54, 1.807) is 4.90 Å². The van der Waals surface area contributed by atoms with Gasteiger partial charge in [-0.25, -0.2) is 4.98 Å². The van der Waals surface area contributed by atoms with E-state index in [2.05, 4.69) is 20.5 Å². The predicted octanol–water partition coefficient (Wildman–Crippen LogP) is 2.87. The molecule has 2 aliphatic heterocycles. The summed E-state index contributed by atoms with van der Waals surface area (Å²) in [7, 11) is 0. The molecule has 0 radical (unpaired) electrons. The van der Waals surface area contributed by atoms with Crippen molar-refractivity contribution in [2.24, 2.45) is 5.92 Å². The van der Waals surface area contributed by atoms with Gasteiger partial charge < -0.3 is 15.5 Å². The average Bonchev–Trinajstić information content (AvgIpc) is 3.36. The molecule has 3 amide bonds. The number of anilines is 3. The molecule has 8 nitrogen and oxygen atoms in total. The maximum atomic E-state index is 12.6. The third kappa shape index (κ3) is 5.29. The molecule has 2 saturated heterocycles. The second-order valence-electron chi connectivity index (χ2n) is 8.05. The number of aryl methyl sites for hydroxylation is 1. The number of rotatable bonds is 6. The van der Waals surface area contributed by atoms with Crippen LogP contribution >= 0.6 is 11.3 Å². The van der Waals surface area contributed by atoms with Gasteiger partial charge in [0.25, 0.3) is 0 Å². The number of hydrogen-bond donors (Lipinski definition) is 2. The molecule has 0 spiro atoms. The Balaban J connectivity index is 1.27. The van der Waals surface area contributed by atoms with Gasteiger partial charge in [0.2, 0.25) is 17.7 Å². The molecule has 31 heavy (non-hydrogen) atoms. The second-order valence-corrected chi connectivity index (χ2v) is 8.91. The van der Waals surface area contributed by atoms with Gasteiger partial charge >= 0.3 is 0 Å². The van der Waals surface area contributed by atoms with Crippen molar-refractivity contribution in [1.82, 2.24) is 9.88 Å². The summed E-state index contributed by atoms with van der Waals surface area (Å²) in [5.41, 5.74) is 2.32. The van der Waals surface area contributed by atoms with Crippen LogP contribution in [0.2, 0.25) is 0 Å². The number of aromatic nitrogens is 1. The number of hydrogen-bond acceptors (Lipinski definition) is 6. The third-order valence-electron chi connectivity index (χ3n) is 5.72. The van der Waals surface area contributed by atoms with E-state index in [1.807, 2.05) is 36.6 Å². The summed E-state index contributed by atoms with van der Waals surface area (Å²) < 4.78 is 0. The van der Waals surface area contributed by atoms with Crippen LogP contribution in [-0.2, 0) is 14.4 Å². The normalized spacial score (nSPS) is 17.7. The molecule has 3 heterocycles. The number of likely N-dealkylation sites (tertiary alicyclic amines) is 1. The zero-order chi connectivity index (χ0) is 21.8. The first kappa shape index (κ1) is 21.5. The molecule has 9 heteroatoms. The predicted molar refractivity (Wildman–Crippen MR) is 121 cm³/mol. The van der Waals surface area contributed by atoms with E-state index < -0.39 is 0 Å².